The summed E-state index contributed by atoms with van der Waals surface area (Å²) in [5.41, 5.74) is 0.216. The van der Waals surface area contributed by atoms with Crippen molar-refractivity contribution in [3.8, 4) is 0 Å². The molecule has 1 aliphatic carbocycles. The van der Waals surface area contributed by atoms with Crippen LogP contribution in [0.15, 0.2) is 28.8 Å². The first-order chi connectivity index (χ1) is 6.16. The maximum atomic E-state index is 11.0. The Labute approximate surface area is 72.4 Å². The van der Waals surface area contributed by atoms with Gasteiger partial charge in [0, 0.05) is 6.08 Å². The highest BCUT2D eigenvalue weighted by molar-refractivity contribution is 6.34. The van der Waals surface area contributed by atoms with E-state index in [1.165, 1.54) is 12.2 Å². The Bertz CT molecular complexity index is 414. The monoisotopic (exact) mass is 177 g/mol. The quantitative estimate of drug-likeness (QED) is 0.300. The first-order valence-corrected chi connectivity index (χ1v) is 3.46. The topological polar surface area (TPSA) is 72.8 Å². The summed E-state index contributed by atoms with van der Waals surface area (Å²) in [6, 6.07) is 0. The van der Waals surface area contributed by atoms with Gasteiger partial charge in [0.2, 0.25) is 0 Å². The van der Waals surface area contributed by atoms with Crippen LogP contribution < -0.4 is 0 Å². The van der Waals surface area contributed by atoms with Crippen molar-refractivity contribution in [1.29, 1.82) is 0 Å². The lowest BCUT2D eigenvalue weighted by Crippen LogP contribution is -2.26. The SMILES string of the molecule is O=C1C=CC2=NC(=O)OC(=O)C2=C1. The zero-order chi connectivity index (χ0) is 9.42. The summed E-state index contributed by atoms with van der Waals surface area (Å²) in [7, 11) is 0. The minimum atomic E-state index is -0.948. The van der Waals surface area contributed by atoms with Crippen LogP contribution in [0, 0.1) is 0 Å². The predicted octanol–water partition coefficient (Wildman–Crippen LogP) is 0.169. The van der Waals surface area contributed by atoms with Gasteiger partial charge in [0.05, 0.1) is 11.3 Å². The van der Waals surface area contributed by atoms with Gasteiger partial charge in [0.15, 0.2) is 5.78 Å². The van der Waals surface area contributed by atoms with Gasteiger partial charge >= 0.3 is 12.1 Å². The van der Waals surface area contributed by atoms with E-state index in [0.717, 1.165) is 6.08 Å². The Morgan fingerprint density at radius 3 is 2.69 bits per heavy atom. The van der Waals surface area contributed by atoms with Crippen LogP contribution >= 0.6 is 0 Å². The van der Waals surface area contributed by atoms with Gasteiger partial charge in [-0.15, -0.1) is 0 Å². The van der Waals surface area contributed by atoms with Crippen molar-refractivity contribution in [3.05, 3.63) is 23.8 Å². The summed E-state index contributed by atoms with van der Waals surface area (Å²) in [6.45, 7) is 0. The second-order valence-corrected chi connectivity index (χ2v) is 2.45. The number of allylic oxidation sites excluding steroid dienone is 3. The molecule has 0 aromatic heterocycles. The van der Waals surface area contributed by atoms with Crippen LogP contribution in [0.1, 0.15) is 0 Å². The predicted molar refractivity (Wildman–Crippen MR) is 41.2 cm³/mol. The number of carbonyl (C=O) groups excluding carboxylic acids is 3. The third-order valence-electron chi connectivity index (χ3n) is 1.58. The maximum absolute atomic E-state index is 11.0. The molecule has 64 valence electrons. The van der Waals surface area contributed by atoms with Crippen LogP contribution in [0.5, 0.6) is 0 Å². The molecular weight excluding hydrogens is 174 g/mol. The van der Waals surface area contributed by atoms with Crippen molar-refractivity contribution in [2.45, 2.75) is 0 Å². The molecule has 2 aliphatic rings. The molecule has 0 atom stereocenters. The van der Waals surface area contributed by atoms with Crippen molar-refractivity contribution in [2.24, 2.45) is 4.99 Å². The zero-order valence-electron chi connectivity index (χ0n) is 6.31. The number of aliphatic imine (C=N–C) groups is 1. The number of carbonyl (C=O) groups is 3. The smallest absolute Gasteiger partial charge is 0.371 e. The number of fused-ring (bicyclic) bond motifs is 1. The Hall–Kier alpha value is -2.04. The molecule has 0 N–H and O–H groups in total. The van der Waals surface area contributed by atoms with E-state index in [4.69, 9.17) is 0 Å². The first kappa shape index (κ1) is 7.60. The van der Waals surface area contributed by atoms with Crippen LogP contribution in [-0.2, 0) is 14.3 Å². The van der Waals surface area contributed by atoms with Crippen molar-refractivity contribution in [2.75, 3.05) is 0 Å². The van der Waals surface area contributed by atoms with E-state index in [1.807, 2.05) is 0 Å². The Kier molecular flexibility index (Phi) is 1.45. The lowest BCUT2D eigenvalue weighted by Gasteiger charge is -2.12. The molecule has 0 aromatic rings. The van der Waals surface area contributed by atoms with Gasteiger partial charge < -0.3 is 4.74 Å². The van der Waals surface area contributed by atoms with Gasteiger partial charge in [0.25, 0.3) is 0 Å². The number of hydrogen-bond acceptors (Lipinski definition) is 4. The Morgan fingerprint density at radius 2 is 1.92 bits per heavy atom. The molecule has 5 nitrogen and oxygen atoms in total. The molecule has 0 saturated heterocycles. The van der Waals surface area contributed by atoms with Gasteiger partial charge in [-0.3, -0.25) is 4.79 Å². The number of ether oxygens (including phenoxy) is 1. The summed E-state index contributed by atoms with van der Waals surface area (Å²) in [6.07, 6.45) is 2.69. The molecule has 5 heteroatoms. The summed E-state index contributed by atoms with van der Waals surface area (Å²) in [4.78, 5) is 35.9. The average Bonchev–Trinajstić information content (AvgIpc) is 2.06. The Morgan fingerprint density at radius 1 is 1.15 bits per heavy atom. The highest BCUT2D eigenvalue weighted by Crippen LogP contribution is 2.14. The van der Waals surface area contributed by atoms with Gasteiger partial charge in [-0.25, -0.2) is 9.59 Å². The first-order valence-electron chi connectivity index (χ1n) is 3.46. The molecule has 0 bridgehead atoms. The van der Waals surface area contributed by atoms with E-state index in [9.17, 15) is 14.4 Å². The molecule has 13 heavy (non-hydrogen) atoms. The minimum absolute atomic E-state index is 0.0344. The molecule has 0 spiro atoms. The highest BCUT2D eigenvalue weighted by atomic mass is 16.6. The molecule has 0 unspecified atom stereocenters. The number of ketones is 1. The van der Waals surface area contributed by atoms with E-state index in [-0.39, 0.29) is 17.1 Å². The van der Waals surface area contributed by atoms with Crippen molar-refractivity contribution in [3.63, 3.8) is 0 Å². The van der Waals surface area contributed by atoms with E-state index >= 15 is 0 Å². The highest BCUT2D eigenvalue weighted by Gasteiger charge is 2.27. The van der Waals surface area contributed by atoms with Crippen LogP contribution in [0.4, 0.5) is 4.79 Å². The summed E-state index contributed by atoms with van der Waals surface area (Å²) < 4.78 is 4.18. The molecule has 0 saturated carbocycles. The summed E-state index contributed by atoms with van der Waals surface area (Å²) in [5, 5.41) is 0. The molecule has 0 fully saturated rings. The van der Waals surface area contributed by atoms with E-state index in [0.29, 0.717) is 0 Å². The normalized spacial score (nSPS) is 20.5. The number of nitrogens with zero attached hydrogens (tertiary/aromatic N) is 1. The molecule has 2 rings (SSSR count). The fourth-order valence-corrected chi connectivity index (χ4v) is 1.03. The van der Waals surface area contributed by atoms with Crippen molar-refractivity contribution >= 4 is 23.6 Å². The molecule has 1 aliphatic heterocycles. The number of amides is 1. The van der Waals surface area contributed by atoms with Gasteiger partial charge in [-0.1, -0.05) is 0 Å². The largest absolute Gasteiger partial charge is 0.442 e. The van der Waals surface area contributed by atoms with Crippen LogP contribution in [0.2, 0.25) is 0 Å². The standard InChI is InChI=1S/C8H3NO4/c10-4-1-2-6-5(3-4)7(11)13-8(12)9-6/h1-3H. The molecule has 0 radical (unpaired) electrons. The van der Waals surface area contributed by atoms with Gasteiger partial charge in [-0.2, -0.15) is 4.99 Å². The van der Waals surface area contributed by atoms with Gasteiger partial charge in [-0.05, 0) is 12.2 Å². The third-order valence-corrected chi connectivity index (χ3v) is 1.58. The van der Waals surface area contributed by atoms with Crippen LogP contribution in [-0.4, -0.2) is 23.6 Å². The number of hydrogen-bond donors (Lipinski definition) is 0. The Balaban J connectivity index is 2.53. The summed E-state index contributed by atoms with van der Waals surface area (Å²) in [5.74, 6) is -1.15. The molecule has 0 aromatic carbocycles. The molecule has 1 amide bonds. The average molecular weight is 177 g/mol. The lowest BCUT2D eigenvalue weighted by atomic mass is 10.0. The lowest BCUT2D eigenvalue weighted by molar-refractivity contribution is -0.132. The van der Waals surface area contributed by atoms with E-state index in [1.54, 1.807) is 0 Å². The van der Waals surface area contributed by atoms with E-state index < -0.39 is 12.1 Å². The number of rotatable bonds is 0. The second-order valence-electron chi connectivity index (χ2n) is 2.45. The minimum Gasteiger partial charge on any atom is -0.371 e. The summed E-state index contributed by atoms with van der Waals surface area (Å²) >= 11 is 0. The fourth-order valence-electron chi connectivity index (χ4n) is 1.03. The third kappa shape index (κ3) is 1.20. The number of cyclic esters (lactones) is 2. The molecule has 1 heterocycles. The zero-order valence-corrected chi connectivity index (χ0v) is 6.31. The van der Waals surface area contributed by atoms with Gasteiger partial charge in [0.1, 0.15) is 0 Å². The molecular formula is C8H3NO4. The number of esters is 1. The van der Waals surface area contributed by atoms with Crippen molar-refractivity contribution in [1.82, 2.24) is 0 Å². The maximum Gasteiger partial charge on any atom is 0.442 e. The fraction of sp³-hybridized carbons (Fsp3) is 0. The van der Waals surface area contributed by atoms with Crippen molar-refractivity contribution < 1.29 is 19.1 Å². The van der Waals surface area contributed by atoms with E-state index in [2.05, 4.69) is 9.73 Å². The van der Waals surface area contributed by atoms with Crippen LogP contribution in [0.3, 0.4) is 0 Å². The second kappa shape index (κ2) is 2.48. The van der Waals surface area contributed by atoms with Crippen LogP contribution in [0.25, 0.3) is 0 Å².